The summed E-state index contributed by atoms with van der Waals surface area (Å²) in [5, 5.41) is 8.89. The average molecular weight is 207 g/mol. The van der Waals surface area contributed by atoms with Crippen LogP contribution in [-0.2, 0) is 6.54 Å². The highest BCUT2D eigenvalue weighted by Crippen LogP contribution is 2.19. The monoisotopic (exact) mass is 207 g/mol. The predicted octanol–water partition coefficient (Wildman–Crippen LogP) is 1.12. The molecule has 1 aliphatic rings. The highest BCUT2D eigenvalue weighted by atomic mass is 16.5. The van der Waals surface area contributed by atoms with Gasteiger partial charge >= 0.3 is 0 Å². The zero-order valence-electron chi connectivity index (χ0n) is 9.02. The van der Waals surface area contributed by atoms with E-state index in [4.69, 9.17) is 9.84 Å². The molecule has 1 aromatic carbocycles. The van der Waals surface area contributed by atoms with Crippen LogP contribution < -0.4 is 4.74 Å². The number of hydrogen-bond donors (Lipinski definition) is 1. The molecule has 15 heavy (non-hydrogen) atoms. The van der Waals surface area contributed by atoms with E-state index in [1.165, 1.54) is 5.56 Å². The number of nitrogens with zero attached hydrogens (tertiary/aromatic N) is 1. The van der Waals surface area contributed by atoms with Crippen molar-refractivity contribution < 1.29 is 9.84 Å². The van der Waals surface area contributed by atoms with Crippen LogP contribution in [0.25, 0.3) is 0 Å². The third-order valence-electron chi connectivity index (χ3n) is 2.86. The maximum absolute atomic E-state index is 8.89. The Morgan fingerprint density at radius 2 is 2.00 bits per heavy atom. The largest absolute Gasteiger partial charge is 0.497 e. The van der Waals surface area contributed by atoms with E-state index >= 15 is 0 Å². The molecule has 0 atom stereocenters. The smallest absolute Gasteiger partial charge is 0.118 e. The second-order valence-electron chi connectivity index (χ2n) is 4.09. The molecule has 1 heterocycles. The third-order valence-corrected chi connectivity index (χ3v) is 2.86. The van der Waals surface area contributed by atoms with Crippen molar-refractivity contribution in [2.45, 2.75) is 6.54 Å². The van der Waals surface area contributed by atoms with Crippen LogP contribution >= 0.6 is 0 Å². The molecule has 82 valence electrons. The molecular weight excluding hydrogens is 190 g/mol. The fourth-order valence-corrected chi connectivity index (χ4v) is 1.91. The van der Waals surface area contributed by atoms with Gasteiger partial charge in [-0.05, 0) is 17.7 Å². The SMILES string of the molecule is COc1ccc(CN2CC(CO)C2)cc1. The number of hydrogen-bond acceptors (Lipinski definition) is 3. The van der Waals surface area contributed by atoms with Gasteiger partial charge in [-0.2, -0.15) is 0 Å². The lowest BCUT2D eigenvalue weighted by atomic mass is 10.0. The van der Waals surface area contributed by atoms with Gasteiger partial charge in [0.15, 0.2) is 0 Å². The first-order valence-electron chi connectivity index (χ1n) is 5.28. The van der Waals surface area contributed by atoms with Gasteiger partial charge in [0, 0.05) is 32.2 Å². The zero-order valence-corrected chi connectivity index (χ0v) is 9.02. The number of methoxy groups -OCH3 is 1. The molecule has 3 heteroatoms. The second-order valence-corrected chi connectivity index (χ2v) is 4.09. The molecule has 3 nitrogen and oxygen atoms in total. The van der Waals surface area contributed by atoms with Gasteiger partial charge in [-0.15, -0.1) is 0 Å². The molecule has 0 unspecified atom stereocenters. The number of ether oxygens (including phenoxy) is 1. The Bertz CT molecular complexity index is 304. The van der Waals surface area contributed by atoms with Gasteiger partial charge in [0.1, 0.15) is 5.75 Å². The van der Waals surface area contributed by atoms with Crippen LogP contribution in [0.1, 0.15) is 5.56 Å². The van der Waals surface area contributed by atoms with Crippen molar-refractivity contribution in [3.8, 4) is 5.75 Å². The molecule has 1 saturated heterocycles. The normalized spacial score (nSPS) is 17.5. The highest BCUT2D eigenvalue weighted by Gasteiger charge is 2.25. The van der Waals surface area contributed by atoms with Gasteiger partial charge in [-0.1, -0.05) is 12.1 Å². The molecule has 1 fully saturated rings. The van der Waals surface area contributed by atoms with Gasteiger partial charge in [-0.25, -0.2) is 0 Å². The highest BCUT2D eigenvalue weighted by molar-refractivity contribution is 5.27. The maximum Gasteiger partial charge on any atom is 0.118 e. The van der Waals surface area contributed by atoms with E-state index in [9.17, 15) is 0 Å². The Morgan fingerprint density at radius 1 is 1.33 bits per heavy atom. The maximum atomic E-state index is 8.89. The molecule has 2 rings (SSSR count). The summed E-state index contributed by atoms with van der Waals surface area (Å²) in [6.45, 7) is 3.32. The lowest BCUT2D eigenvalue weighted by Gasteiger charge is -2.38. The lowest BCUT2D eigenvalue weighted by molar-refractivity contribution is 0.0479. The number of aliphatic hydroxyl groups excluding tert-OH is 1. The van der Waals surface area contributed by atoms with E-state index in [2.05, 4.69) is 17.0 Å². The van der Waals surface area contributed by atoms with E-state index in [1.54, 1.807) is 7.11 Å². The predicted molar refractivity (Wildman–Crippen MR) is 58.8 cm³/mol. The molecule has 0 aliphatic carbocycles. The van der Waals surface area contributed by atoms with Crippen molar-refractivity contribution in [1.82, 2.24) is 4.90 Å². The third kappa shape index (κ3) is 2.49. The number of aliphatic hydroxyl groups is 1. The second kappa shape index (κ2) is 4.64. The van der Waals surface area contributed by atoms with Crippen molar-refractivity contribution in [2.75, 3.05) is 26.8 Å². The summed E-state index contributed by atoms with van der Waals surface area (Å²) < 4.78 is 5.10. The molecule has 0 radical (unpaired) electrons. The number of benzene rings is 1. The van der Waals surface area contributed by atoms with Gasteiger partial charge in [0.25, 0.3) is 0 Å². The molecule has 0 amide bonds. The van der Waals surface area contributed by atoms with E-state index in [-0.39, 0.29) is 0 Å². The Balaban J connectivity index is 1.84. The lowest BCUT2D eigenvalue weighted by Crippen LogP contribution is -2.47. The first kappa shape index (κ1) is 10.5. The zero-order chi connectivity index (χ0) is 10.7. The first-order chi connectivity index (χ1) is 7.31. The molecule has 0 bridgehead atoms. The Labute approximate surface area is 90.3 Å². The minimum Gasteiger partial charge on any atom is -0.497 e. The van der Waals surface area contributed by atoms with E-state index < -0.39 is 0 Å². The first-order valence-corrected chi connectivity index (χ1v) is 5.28. The summed E-state index contributed by atoms with van der Waals surface area (Å²) in [5.74, 6) is 1.39. The average Bonchev–Trinajstić information content (AvgIpc) is 2.23. The van der Waals surface area contributed by atoms with E-state index in [0.717, 1.165) is 25.4 Å². The standard InChI is InChI=1S/C12H17NO2/c1-15-12-4-2-10(3-5-12)6-13-7-11(8-13)9-14/h2-5,11,14H,6-9H2,1H3. The van der Waals surface area contributed by atoms with Crippen LogP contribution in [0.2, 0.25) is 0 Å². The van der Waals surface area contributed by atoms with Crippen LogP contribution in [-0.4, -0.2) is 36.8 Å². The summed E-state index contributed by atoms with van der Waals surface area (Å²) in [7, 11) is 1.68. The van der Waals surface area contributed by atoms with Gasteiger partial charge in [0.05, 0.1) is 7.11 Å². The van der Waals surface area contributed by atoms with Crippen LogP contribution in [0.4, 0.5) is 0 Å². The molecule has 0 saturated carbocycles. The van der Waals surface area contributed by atoms with Gasteiger partial charge in [-0.3, -0.25) is 4.90 Å². The fourth-order valence-electron chi connectivity index (χ4n) is 1.91. The summed E-state index contributed by atoms with van der Waals surface area (Å²) in [4.78, 5) is 2.34. The Kier molecular flexibility index (Phi) is 3.23. The van der Waals surface area contributed by atoms with Crippen molar-refractivity contribution >= 4 is 0 Å². The van der Waals surface area contributed by atoms with E-state index in [1.807, 2.05) is 12.1 Å². The summed E-state index contributed by atoms with van der Waals surface area (Å²) in [5.41, 5.74) is 1.30. The number of rotatable bonds is 4. The fraction of sp³-hybridized carbons (Fsp3) is 0.500. The minimum absolute atomic E-state index is 0.319. The summed E-state index contributed by atoms with van der Waals surface area (Å²) in [6, 6.07) is 8.15. The summed E-state index contributed by atoms with van der Waals surface area (Å²) in [6.07, 6.45) is 0. The molecular formula is C12H17NO2. The van der Waals surface area contributed by atoms with Gasteiger partial charge in [0.2, 0.25) is 0 Å². The number of likely N-dealkylation sites (tertiary alicyclic amines) is 1. The molecule has 0 spiro atoms. The minimum atomic E-state index is 0.319. The van der Waals surface area contributed by atoms with E-state index in [0.29, 0.717) is 12.5 Å². The van der Waals surface area contributed by atoms with Crippen LogP contribution in [0, 0.1) is 5.92 Å². The van der Waals surface area contributed by atoms with Crippen molar-refractivity contribution in [3.63, 3.8) is 0 Å². The van der Waals surface area contributed by atoms with Gasteiger partial charge < -0.3 is 9.84 Å². The summed E-state index contributed by atoms with van der Waals surface area (Å²) >= 11 is 0. The Hall–Kier alpha value is -1.06. The topological polar surface area (TPSA) is 32.7 Å². The van der Waals surface area contributed by atoms with Crippen molar-refractivity contribution in [1.29, 1.82) is 0 Å². The molecule has 0 aromatic heterocycles. The van der Waals surface area contributed by atoms with Crippen LogP contribution in [0.5, 0.6) is 5.75 Å². The van der Waals surface area contributed by atoms with Crippen molar-refractivity contribution in [3.05, 3.63) is 29.8 Å². The van der Waals surface area contributed by atoms with Crippen LogP contribution in [0.3, 0.4) is 0 Å². The Morgan fingerprint density at radius 3 is 2.53 bits per heavy atom. The van der Waals surface area contributed by atoms with Crippen LogP contribution in [0.15, 0.2) is 24.3 Å². The molecule has 1 aliphatic heterocycles. The molecule has 1 N–H and O–H groups in total. The molecule has 1 aromatic rings. The van der Waals surface area contributed by atoms with Crippen molar-refractivity contribution in [2.24, 2.45) is 5.92 Å². The quantitative estimate of drug-likeness (QED) is 0.803.